The van der Waals surface area contributed by atoms with Gasteiger partial charge in [0, 0.05) is 24.3 Å². The van der Waals surface area contributed by atoms with E-state index in [-0.39, 0.29) is 0 Å². The van der Waals surface area contributed by atoms with E-state index in [0.29, 0.717) is 0 Å². The van der Waals surface area contributed by atoms with Crippen molar-refractivity contribution in [1.82, 2.24) is 14.9 Å². The molecule has 0 saturated carbocycles. The topological polar surface area (TPSA) is 53.1 Å². The molecule has 0 atom stereocenters. The second-order valence-electron chi connectivity index (χ2n) is 8.77. The van der Waals surface area contributed by atoms with Crippen LogP contribution >= 0.6 is 0 Å². The molecule has 0 amide bonds. The molecular formula is C26H51N5. The number of rotatable bonds is 20. The Morgan fingerprint density at radius 3 is 1.97 bits per heavy atom. The van der Waals surface area contributed by atoms with Gasteiger partial charge >= 0.3 is 0 Å². The van der Waals surface area contributed by atoms with Gasteiger partial charge in [-0.15, -0.1) is 0 Å². The number of hydrogen-bond acceptors (Lipinski definition) is 5. The zero-order valence-electron chi connectivity index (χ0n) is 21.4. The quantitative estimate of drug-likeness (QED) is 0.221. The van der Waals surface area contributed by atoms with Crippen molar-refractivity contribution in [2.45, 2.75) is 112 Å². The van der Waals surface area contributed by atoms with Crippen LogP contribution in [0.2, 0.25) is 0 Å². The van der Waals surface area contributed by atoms with Gasteiger partial charge in [-0.1, -0.05) is 79.1 Å². The molecule has 1 heterocycles. The van der Waals surface area contributed by atoms with Gasteiger partial charge in [0.15, 0.2) is 0 Å². The van der Waals surface area contributed by atoms with Crippen molar-refractivity contribution in [2.75, 3.05) is 43.4 Å². The lowest BCUT2D eigenvalue weighted by Crippen LogP contribution is -2.25. The van der Waals surface area contributed by atoms with E-state index in [0.717, 1.165) is 63.0 Å². The number of nitrogens with zero attached hydrogens (tertiary/aromatic N) is 3. The van der Waals surface area contributed by atoms with Crippen molar-refractivity contribution in [3.63, 3.8) is 0 Å². The Bertz CT molecular complexity index is 557. The van der Waals surface area contributed by atoms with Crippen LogP contribution < -0.4 is 10.6 Å². The Labute approximate surface area is 193 Å². The van der Waals surface area contributed by atoms with Crippen LogP contribution in [0.1, 0.15) is 110 Å². The third kappa shape index (κ3) is 12.3. The standard InChI is InChI=1S/C26H51N5/c1-6-10-12-14-15-17-20-28-26-29-23(5)24(19-16-13-11-7-2)25(30-26)27-21-18-22-31(8-3)9-4/h6-22H2,1-5H3,(H2,27,28,29,30). The van der Waals surface area contributed by atoms with Crippen LogP contribution in [-0.2, 0) is 6.42 Å². The van der Waals surface area contributed by atoms with Gasteiger partial charge in [0.1, 0.15) is 5.82 Å². The normalized spacial score (nSPS) is 11.3. The molecule has 2 N–H and O–H groups in total. The lowest BCUT2D eigenvalue weighted by molar-refractivity contribution is 0.303. The molecule has 0 bridgehead atoms. The maximum atomic E-state index is 4.89. The Morgan fingerprint density at radius 1 is 0.677 bits per heavy atom. The van der Waals surface area contributed by atoms with E-state index in [1.807, 2.05) is 0 Å². The Morgan fingerprint density at radius 2 is 1.29 bits per heavy atom. The summed E-state index contributed by atoms with van der Waals surface area (Å²) in [5, 5.41) is 7.12. The van der Waals surface area contributed by atoms with Crippen LogP contribution in [0, 0.1) is 6.92 Å². The van der Waals surface area contributed by atoms with Gasteiger partial charge in [-0.2, -0.15) is 4.98 Å². The highest BCUT2D eigenvalue weighted by atomic mass is 15.1. The van der Waals surface area contributed by atoms with Gasteiger partial charge in [-0.25, -0.2) is 4.98 Å². The van der Waals surface area contributed by atoms with Crippen LogP contribution in [0.4, 0.5) is 11.8 Å². The summed E-state index contributed by atoms with van der Waals surface area (Å²) in [5.74, 6) is 1.84. The zero-order chi connectivity index (χ0) is 22.7. The molecule has 5 nitrogen and oxygen atoms in total. The average Bonchev–Trinajstić information content (AvgIpc) is 2.77. The number of nitrogens with one attached hydrogen (secondary N) is 2. The molecule has 1 aromatic heterocycles. The molecular weight excluding hydrogens is 382 g/mol. The Balaban J connectivity index is 2.64. The third-order valence-electron chi connectivity index (χ3n) is 6.15. The molecule has 0 unspecified atom stereocenters. The predicted octanol–water partition coefficient (Wildman–Crippen LogP) is 6.82. The van der Waals surface area contributed by atoms with Crippen molar-refractivity contribution >= 4 is 11.8 Å². The summed E-state index contributed by atoms with van der Waals surface area (Å²) < 4.78 is 0. The van der Waals surface area contributed by atoms with Crippen molar-refractivity contribution < 1.29 is 0 Å². The number of aromatic nitrogens is 2. The van der Waals surface area contributed by atoms with E-state index in [9.17, 15) is 0 Å². The number of aryl methyl sites for hydroxylation is 1. The monoisotopic (exact) mass is 433 g/mol. The summed E-state index contributed by atoms with van der Waals surface area (Å²) in [6.45, 7) is 16.5. The van der Waals surface area contributed by atoms with E-state index in [1.54, 1.807) is 0 Å². The molecule has 1 rings (SSSR count). The molecule has 5 heteroatoms. The van der Waals surface area contributed by atoms with E-state index in [4.69, 9.17) is 9.97 Å². The number of anilines is 2. The lowest BCUT2D eigenvalue weighted by atomic mass is 10.1. The molecule has 0 fully saturated rings. The number of unbranched alkanes of at least 4 members (excludes halogenated alkanes) is 8. The first-order chi connectivity index (χ1) is 15.2. The minimum Gasteiger partial charge on any atom is -0.370 e. The fourth-order valence-electron chi connectivity index (χ4n) is 4.00. The van der Waals surface area contributed by atoms with Crippen LogP contribution in [-0.4, -0.2) is 47.6 Å². The maximum Gasteiger partial charge on any atom is 0.224 e. The van der Waals surface area contributed by atoms with E-state index in [2.05, 4.69) is 50.2 Å². The first kappa shape index (κ1) is 27.7. The Kier molecular flexibility index (Phi) is 16.3. The smallest absolute Gasteiger partial charge is 0.224 e. The molecule has 0 aliphatic heterocycles. The molecule has 180 valence electrons. The first-order valence-electron chi connectivity index (χ1n) is 13.2. The van der Waals surface area contributed by atoms with Crippen LogP contribution in [0.15, 0.2) is 0 Å². The highest BCUT2D eigenvalue weighted by Crippen LogP contribution is 2.21. The largest absolute Gasteiger partial charge is 0.370 e. The molecule has 0 aliphatic carbocycles. The van der Waals surface area contributed by atoms with Crippen LogP contribution in [0.5, 0.6) is 0 Å². The van der Waals surface area contributed by atoms with E-state index in [1.165, 1.54) is 69.8 Å². The third-order valence-corrected chi connectivity index (χ3v) is 6.15. The van der Waals surface area contributed by atoms with Crippen molar-refractivity contribution in [3.05, 3.63) is 11.3 Å². The van der Waals surface area contributed by atoms with Gasteiger partial charge in [0.2, 0.25) is 5.95 Å². The summed E-state index contributed by atoms with van der Waals surface area (Å²) >= 11 is 0. The van der Waals surface area contributed by atoms with Gasteiger partial charge in [0.25, 0.3) is 0 Å². The minimum atomic E-state index is 0.787. The van der Waals surface area contributed by atoms with Crippen LogP contribution in [0.3, 0.4) is 0 Å². The molecule has 0 radical (unpaired) electrons. The van der Waals surface area contributed by atoms with Gasteiger partial charge in [-0.05, 0) is 52.2 Å². The highest BCUT2D eigenvalue weighted by molar-refractivity contribution is 5.50. The molecule has 1 aromatic rings. The van der Waals surface area contributed by atoms with Gasteiger partial charge in [-0.3, -0.25) is 0 Å². The first-order valence-corrected chi connectivity index (χ1v) is 13.2. The van der Waals surface area contributed by atoms with Crippen molar-refractivity contribution in [1.29, 1.82) is 0 Å². The molecule has 0 spiro atoms. The van der Waals surface area contributed by atoms with E-state index >= 15 is 0 Å². The van der Waals surface area contributed by atoms with Gasteiger partial charge in [0.05, 0.1) is 0 Å². The summed E-state index contributed by atoms with van der Waals surface area (Å²) in [6.07, 6.45) is 15.1. The maximum absolute atomic E-state index is 4.89. The number of hydrogen-bond donors (Lipinski definition) is 2. The zero-order valence-corrected chi connectivity index (χ0v) is 21.4. The van der Waals surface area contributed by atoms with Gasteiger partial charge < -0.3 is 15.5 Å². The van der Waals surface area contributed by atoms with Crippen molar-refractivity contribution in [2.24, 2.45) is 0 Å². The average molecular weight is 434 g/mol. The Hall–Kier alpha value is -1.36. The second-order valence-corrected chi connectivity index (χ2v) is 8.77. The predicted molar refractivity (Wildman–Crippen MR) is 137 cm³/mol. The van der Waals surface area contributed by atoms with Crippen molar-refractivity contribution in [3.8, 4) is 0 Å². The highest BCUT2D eigenvalue weighted by Gasteiger charge is 2.12. The summed E-state index contributed by atoms with van der Waals surface area (Å²) in [5.41, 5.74) is 2.44. The minimum absolute atomic E-state index is 0.787. The molecule has 31 heavy (non-hydrogen) atoms. The SMILES string of the molecule is CCCCCCCCNc1nc(C)c(CCCCCC)c(NCCCN(CC)CC)n1. The summed E-state index contributed by atoms with van der Waals surface area (Å²) in [7, 11) is 0. The molecule has 0 aliphatic rings. The van der Waals surface area contributed by atoms with Crippen LogP contribution in [0.25, 0.3) is 0 Å². The summed E-state index contributed by atoms with van der Waals surface area (Å²) in [6, 6.07) is 0. The molecule has 0 saturated heterocycles. The second kappa shape index (κ2) is 18.2. The lowest BCUT2D eigenvalue weighted by Gasteiger charge is -2.19. The fraction of sp³-hybridized carbons (Fsp3) is 0.846. The molecule has 0 aromatic carbocycles. The fourth-order valence-corrected chi connectivity index (χ4v) is 4.00. The van der Waals surface area contributed by atoms with E-state index < -0.39 is 0 Å². The summed E-state index contributed by atoms with van der Waals surface area (Å²) in [4.78, 5) is 12.2.